The van der Waals surface area contributed by atoms with Crippen LogP contribution in [-0.2, 0) is 4.79 Å². The van der Waals surface area contributed by atoms with Gasteiger partial charge >= 0.3 is 0 Å². The predicted octanol–water partition coefficient (Wildman–Crippen LogP) is 1.63. The number of nitrogens with two attached hydrogens (primary N) is 1. The normalized spacial score (nSPS) is 10.4. The second-order valence-corrected chi connectivity index (χ2v) is 5.57. The molecule has 0 radical (unpaired) electrons. The number of nitrogens with zero attached hydrogens (tertiary/aromatic N) is 1. The Hall–Kier alpha value is -1.56. The third kappa shape index (κ3) is 4.90. The number of carbonyl (C=O) groups excluding carboxylic acids is 2. The summed E-state index contributed by atoms with van der Waals surface area (Å²) in [4.78, 5) is 25.1. The van der Waals surface area contributed by atoms with Crippen LogP contribution in [0.2, 0.25) is 0 Å². The van der Waals surface area contributed by atoms with Gasteiger partial charge < -0.3 is 16.0 Å². The first-order valence-corrected chi connectivity index (χ1v) is 6.69. The van der Waals surface area contributed by atoms with E-state index in [1.165, 1.54) is 4.90 Å². The number of benzene rings is 1. The Kier molecular flexibility index (Phi) is 5.35. The molecular weight excluding hydrogens is 310 g/mol. The van der Waals surface area contributed by atoms with Gasteiger partial charge in [0.25, 0.3) is 5.91 Å². The quantitative estimate of drug-likeness (QED) is 0.825. The molecule has 0 aliphatic carbocycles. The number of hydrogen-bond donors (Lipinski definition) is 2. The number of rotatable bonds is 4. The van der Waals surface area contributed by atoms with Crippen LogP contribution in [0.5, 0.6) is 0 Å². The van der Waals surface area contributed by atoms with Gasteiger partial charge in [0.2, 0.25) is 5.91 Å². The number of carbonyl (C=O) groups is 2. The molecule has 0 saturated heterocycles. The molecule has 0 saturated carbocycles. The second kappa shape index (κ2) is 6.56. The van der Waals surface area contributed by atoms with Gasteiger partial charge in [-0.25, -0.2) is 0 Å². The van der Waals surface area contributed by atoms with Gasteiger partial charge in [-0.05, 0) is 32.0 Å². The Morgan fingerprint density at radius 3 is 2.53 bits per heavy atom. The van der Waals surface area contributed by atoms with Crippen LogP contribution in [0.3, 0.4) is 0 Å². The van der Waals surface area contributed by atoms with Crippen LogP contribution < -0.4 is 11.1 Å². The summed E-state index contributed by atoms with van der Waals surface area (Å²) in [7, 11) is 1.58. The smallest absolute Gasteiger partial charge is 0.254 e. The molecule has 19 heavy (non-hydrogen) atoms. The van der Waals surface area contributed by atoms with Gasteiger partial charge in [-0.15, -0.1) is 0 Å². The monoisotopic (exact) mass is 327 g/mol. The summed E-state index contributed by atoms with van der Waals surface area (Å²) in [6.07, 6.45) is 0. The first-order valence-electron chi connectivity index (χ1n) is 5.90. The minimum absolute atomic E-state index is 0.0173. The van der Waals surface area contributed by atoms with Crippen molar-refractivity contribution in [1.82, 2.24) is 10.2 Å². The summed E-state index contributed by atoms with van der Waals surface area (Å²) in [6.45, 7) is 3.76. The Morgan fingerprint density at radius 1 is 1.37 bits per heavy atom. The van der Waals surface area contributed by atoms with Crippen LogP contribution in [0.4, 0.5) is 5.69 Å². The van der Waals surface area contributed by atoms with E-state index in [1.54, 1.807) is 25.2 Å². The molecule has 0 atom stereocenters. The number of nitrogens with one attached hydrogen (secondary N) is 1. The van der Waals surface area contributed by atoms with Crippen molar-refractivity contribution in [2.45, 2.75) is 19.9 Å². The molecule has 104 valence electrons. The largest absolute Gasteiger partial charge is 0.399 e. The molecule has 0 fully saturated rings. The van der Waals surface area contributed by atoms with Crippen LogP contribution in [0, 0.1) is 0 Å². The molecule has 0 aliphatic rings. The molecule has 0 heterocycles. The summed E-state index contributed by atoms with van der Waals surface area (Å²) < 4.78 is 0.732. The van der Waals surface area contributed by atoms with Crippen LogP contribution in [0.1, 0.15) is 24.2 Å². The number of anilines is 1. The topological polar surface area (TPSA) is 75.4 Å². The van der Waals surface area contributed by atoms with Crippen molar-refractivity contribution >= 4 is 33.4 Å². The summed E-state index contributed by atoms with van der Waals surface area (Å²) >= 11 is 3.28. The summed E-state index contributed by atoms with van der Waals surface area (Å²) in [5.74, 6) is -0.430. The zero-order valence-corrected chi connectivity index (χ0v) is 12.8. The predicted molar refractivity (Wildman–Crippen MR) is 78.8 cm³/mol. The molecule has 5 nitrogen and oxygen atoms in total. The van der Waals surface area contributed by atoms with Crippen molar-refractivity contribution in [3.63, 3.8) is 0 Å². The maximum absolute atomic E-state index is 12.1. The molecule has 1 aromatic carbocycles. The fourth-order valence-corrected chi connectivity index (χ4v) is 2.12. The standard InChI is InChI=1S/C13H18BrN3O2/c1-8(2)16-12(18)7-17(3)13(19)9-4-10(14)6-11(15)5-9/h4-6,8H,7,15H2,1-3H3,(H,16,18). The molecule has 3 N–H and O–H groups in total. The Morgan fingerprint density at radius 2 is 2.00 bits per heavy atom. The SMILES string of the molecule is CC(C)NC(=O)CN(C)C(=O)c1cc(N)cc(Br)c1. The van der Waals surface area contributed by atoms with E-state index < -0.39 is 0 Å². The Balaban J connectivity index is 2.74. The summed E-state index contributed by atoms with van der Waals surface area (Å²) in [5, 5.41) is 2.74. The number of likely N-dealkylation sites (N-methyl/N-ethyl adjacent to an activating group) is 1. The number of hydrogen-bond acceptors (Lipinski definition) is 3. The molecule has 0 spiro atoms. The molecule has 0 unspecified atom stereocenters. The maximum Gasteiger partial charge on any atom is 0.254 e. The van der Waals surface area contributed by atoms with Crippen LogP contribution >= 0.6 is 15.9 Å². The van der Waals surface area contributed by atoms with Crippen molar-refractivity contribution < 1.29 is 9.59 Å². The lowest BCUT2D eigenvalue weighted by molar-refractivity contribution is -0.122. The van der Waals surface area contributed by atoms with Crippen molar-refractivity contribution in [1.29, 1.82) is 0 Å². The molecule has 0 bridgehead atoms. The zero-order valence-electron chi connectivity index (χ0n) is 11.2. The highest BCUT2D eigenvalue weighted by molar-refractivity contribution is 9.10. The molecule has 0 aliphatic heterocycles. The first kappa shape index (κ1) is 15.5. The lowest BCUT2D eigenvalue weighted by atomic mass is 10.2. The van der Waals surface area contributed by atoms with Gasteiger partial charge in [0.1, 0.15) is 0 Å². The Bertz CT molecular complexity index is 469. The van der Waals surface area contributed by atoms with E-state index >= 15 is 0 Å². The summed E-state index contributed by atoms with van der Waals surface area (Å²) in [5.41, 5.74) is 6.63. The summed E-state index contributed by atoms with van der Waals surface area (Å²) in [6, 6.07) is 5.03. The van der Waals surface area contributed by atoms with E-state index in [9.17, 15) is 9.59 Å². The van der Waals surface area contributed by atoms with Crippen molar-refractivity contribution in [2.24, 2.45) is 0 Å². The van der Waals surface area contributed by atoms with Crippen LogP contribution in [-0.4, -0.2) is 36.3 Å². The van der Waals surface area contributed by atoms with E-state index in [2.05, 4.69) is 21.2 Å². The van der Waals surface area contributed by atoms with Gasteiger partial charge in [-0.2, -0.15) is 0 Å². The fraction of sp³-hybridized carbons (Fsp3) is 0.385. The van der Waals surface area contributed by atoms with Crippen molar-refractivity contribution in [3.8, 4) is 0 Å². The van der Waals surface area contributed by atoms with E-state index in [1.807, 2.05) is 13.8 Å². The fourth-order valence-electron chi connectivity index (χ4n) is 1.61. The average molecular weight is 328 g/mol. The van der Waals surface area contributed by atoms with E-state index in [-0.39, 0.29) is 24.4 Å². The van der Waals surface area contributed by atoms with Crippen molar-refractivity contribution in [2.75, 3.05) is 19.3 Å². The molecule has 1 aromatic rings. The lowest BCUT2D eigenvalue weighted by Crippen LogP contribution is -2.40. The van der Waals surface area contributed by atoms with Gasteiger partial charge in [0.05, 0.1) is 6.54 Å². The molecule has 0 aromatic heterocycles. The maximum atomic E-state index is 12.1. The highest BCUT2D eigenvalue weighted by atomic mass is 79.9. The molecule has 1 rings (SSSR count). The number of halogens is 1. The van der Waals surface area contributed by atoms with E-state index in [0.717, 1.165) is 4.47 Å². The van der Waals surface area contributed by atoms with Gasteiger partial charge in [0, 0.05) is 28.8 Å². The highest BCUT2D eigenvalue weighted by Crippen LogP contribution is 2.18. The second-order valence-electron chi connectivity index (χ2n) is 4.66. The highest BCUT2D eigenvalue weighted by Gasteiger charge is 2.16. The number of nitrogen functional groups attached to an aromatic ring is 1. The third-order valence-corrected chi connectivity index (χ3v) is 2.80. The molecule has 2 amide bonds. The third-order valence-electron chi connectivity index (χ3n) is 2.34. The minimum atomic E-state index is -0.244. The van der Waals surface area contributed by atoms with Gasteiger partial charge in [0.15, 0.2) is 0 Å². The van der Waals surface area contributed by atoms with Crippen molar-refractivity contribution in [3.05, 3.63) is 28.2 Å². The number of amides is 2. The zero-order chi connectivity index (χ0) is 14.6. The van der Waals surface area contributed by atoms with E-state index in [0.29, 0.717) is 11.3 Å². The average Bonchev–Trinajstić information content (AvgIpc) is 2.25. The Labute approximate surface area is 121 Å². The first-order chi connectivity index (χ1) is 8.79. The van der Waals surface area contributed by atoms with Crippen LogP contribution in [0.15, 0.2) is 22.7 Å². The van der Waals surface area contributed by atoms with Crippen LogP contribution in [0.25, 0.3) is 0 Å². The van der Waals surface area contributed by atoms with Gasteiger partial charge in [-0.1, -0.05) is 15.9 Å². The minimum Gasteiger partial charge on any atom is -0.399 e. The lowest BCUT2D eigenvalue weighted by Gasteiger charge is -2.18. The van der Waals surface area contributed by atoms with Gasteiger partial charge in [-0.3, -0.25) is 9.59 Å². The molecular formula is C13H18BrN3O2. The molecule has 6 heteroatoms. The van der Waals surface area contributed by atoms with E-state index in [4.69, 9.17) is 5.73 Å².